The maximum atomic E-state index is 4.76. The molecule has 1 aromatic heterocycles. The van der Waals surface area contributed by atoms with E-state index in [1.807, 2.05) is 11.3 Å². The molecule has 0 aromatic carbocycles. The molecule has 0 aliphatic heterocycles. The SMILES string of the molecule is CN(C)CCc1nc(C2CC2)c(CS)s1. The van der Waals surface area contributed by atoms with E-state index in [2.05, 4.69) is 31.6 Å². The summed E-state index contributed by atoms with van der Waals surface area (Å²) in [7, 11) is 4.21. The van der Waals surface area contributed by atoms with Crippen molar-refractivity contribution >= 4 is 24.0 Å². The summed E-state index contributed by atoms with van der Waals surface area (Å²) in [4.78, 5) is 8.36. The molecule has 0 atom stereocenters. The molecule has 4 heteroatoms. The first-order chi connectivity index (χ1) is 7.20. The van der Waals surface area contributed by atoms with E-state index in [0.717, 1.165) is 24.6 Å². The van der Waals surface area contributed by atoms with Crippen LogP contribution in [-0.4, -0.2) is 30.5 Å². The largest absolute Gasteiger partial charge is 0.309 e. The molecule has 2 rings (SSSR count). The number of nitrogens with zero attached hydrogens (tertiary/aromatic N) is 2. The minimum Gasteiger partial charge on any atom is -0.309 e. The average molecular weight is 242 g/mol. The second-order valence-corrected chi connectivity index (χ2v) is 5.89. The van der Waals surface area contributed by atoms with E-state index in [4.69, 9.17) is 4.98 Å². The van der Waals surface area contributed by atoms with Crippen molar-refractivity contribution in [1.29, 1.82) is 0 Å². The van der Waals surface area contributed by atoms with E-state index >= 15 is 0 Å². The summed E-state index contributed by atoms with van der Waals surface area (Å²) in [6, 6.07) is 0. The van der Waals surface area contributed by atoms with Gasteiger partial charge >= 0.3 is 0 Å². The summed E-state index contributed by atoms with van der Waals surface area (Å²) < 4.78 is 0. The van der Waals surface area contributed by atoms with Gasteiger partial charge in [-0.05, 0) is 26.9 Å². The van der Waals surface area contributed by atoms with E-state index < -0.39 is 0 Å². The minimum atomic E-state index is 0.761. The van der Waals surface area contributed by atoms with Crippen LogP contribution >= 0.6 is 24.0 Å². The Bertz CT molecular complexity index is 329. The summed E-state index contributed by atoms with van der Waals surface area (Å²) in [5.41, 5.74) is 1.35. The van der Waals surface area contributed by atoms with Gasteiger partial charge in [-0.2, -0.15) is 12.6 Å². The van der Waals surface area contributed by atoms with Gasteiger partial charge in [-0.1, -0.05) is 0 Å². The molecule has 84 valence electrons. The Kier molecular flexibility index (Phi) is 3.69. The zero-order chi connectivity index (χ0) is 10.8. The zero-order valence-corrected chi connectivity index (χ0v) is 11.1. The van der Waals surface area contributed by atoms with Crippen molar-refractivity contribution in [1.82, 2.24) is 9.88 Å². The Labute approximate surface area is 101 Å². The highest BCUT2D eigenvalue weighted by Crippen LogP contribution is 2.43. The Balaban J connectivity index is 2.05. The van der Waals surface area contributed by atoms with Crippen LogP contribution in [-0.2, 0) is 12.2 Å². The molecular weight excluding hydrogens is 224 g/mol. The molecule has 1 aromatic rings. The van der Waals surface area contributed by atoms with Crippen LogP contribution < -0.4 is 0 Å². The van der Waals surface area contributed by atoms with Gasteiger partial charge in [0.05, 0.1) is 10.7 Å². The van der Waals surface area contributed by atoms with Crippen molar-refractivity contribution in [3.63, 3.8) is 0 Å². The molecule has 0 bridgehead atoms. The lowest BCUT2D eigenvalue weighted by Crippen LogP contribution is -2.14. The van der Waals surface area contributed by atoms with Gasteiger partial charge in [-0.15, -0.1) is 11.3 Å². The molecule has 1 aliphatic rings. The Morgan fingerprint density at radius 1 is 1.47 bits per heavy atom. The number of thiazole rings is 1. The topological polar surface area (TPSA) is 16.1 Å². The fourth-order valence-corrected chi connectivity index (χ4v) is 2.99. The lowest BCUT2D eigenvalue weighted by atomic mass is 10.2. The second kappa shape index (κ2) is 4.85. The highest BCUT2D eigenvalue weighted by molar-refractivity contribution is 7.79. The van der Waals surface area contributed by atoms with Crippen LogP contribution in [0.2, 0.25) is 0 Å². The van der Waals surface area contributed by atoms with Crippen molar-refractivity contribution < 1.29 is 0 Å². The summed E-state index contributed by atoms with van der Waals surface area (Å²) in [6.45, 7) is 1.09. The van der Waals surface area contributed by atoms with Crippen molar-refractivity contribution in [3.8, 4) is 0 Å². The molecule has 0 unspecified atom stereocenters. The third-order valence-electron chi connectivity index (χ3n) is 2.65. The summed E-state index contributed by atoms with van der Waals surface area (Å²) in [5.74, 6) is 1.61. The molecule has 0 spiro atoms. The fraction of sp³-hybridized carbons (Fsp3) is 0.727. The summed E-state index contributed by atoms with van der Waals surface area (Å²) in [5, 5.41) is 1.29. The lowest BCUT2D eigenvalue weighted by Gasteiger charge is -2.06. The van der Waals surface area contributed by atoms with Crippen molar-refractivity contribution in [2.45, 2.75) is 30.9 Å². The Morgan fingerprint density at radius 3 is 2.73 bits per heavy atom. The van der Waals surface area contributed by atoms with Gasteiger partial charge in [0, 0.05) is 29.5 Å². The zero-order valence-electron chi connectivity index (χ0n) is 9.36. The van der Waals surface area contributed by atoms with Crippen LogP contribution in [0.1, 0.15) is 34.3 Å². The molecule has 0 radical (unpaired) electrons. The quantitative estimate of drug-likeness (QED) is 0.799. The highest BCUT2D eigenvalue weighted by Gasteiger charge is 2.28. The standard InChI is InChI=1S/C11H18N2S2/c1-13(2)6-5-10-12-11(8-3-4-8)9(7-14)15-10/h8,14H,3-7H2,1-2H3. The monoisotopic (exact) mass is 242 g/mol. The van der Waals surface area contributed by atoms with Crippen LogP contribution in [0.3, 0.4) is 0 Å². The number of rotatable bonds is 5. The summed E-state index contributed by atoms with van der Waals surface area (Å²) in [6.07, 6.45) is 3.74. The first kappa shape index (κ1) is 11.4. The van der Waals surface area contributed by atoms with Gasteiger partial charge in [-0.3, -0.25) is 0 Å². The molecule has 0 amide bonds. The lowest BCUT2D eigenvalue weighted by molar-refractivity contribution is 0.413. The van der Waals surface area contributed by atoms with Crippen LogP contribution in [0, 0.1) is 0 Å². The number of thiol groups is 1. The van der Waals surface area contributed by atoms with Crippen LogP contribution in [0.15, 0.2) is 0 Å². The van der Waals surface area contributed by atoms with Crippen LogP contribution in [0.4, 0.5) is 0 Å². The van der Waals surface area contributed by atoms with Crippen molar-refractivity contribution in [2.75, 3.05) is 20.6 Å². The Hall–Kier alpha value is -0.0600. The normalized spacial score (nSPS) is 16.3. The summed E-state index contributed by atoms with van der Waals surface area (Å²) >= 11 is 6.24. The number of aromatic nitrogens is 1. The molecule has 1 heterocycles. The van der Waals surface area contributed by atoms with Crippen LogP contribution in [0.25, 0.3) is 0 Å². The van der Waals surface area contributed by atoms with Gasteiger partial charge in [0.1, 0.15) is 0 Å². The van der Waals surface area contributed by atoms with Crippen molar-refractivity contribution in [2.24, 2.45) is 0 Å². The third kappa shape index (κ3) is 2.95. The van der Waals surface area contributed by atoms with Crippen molar-refractivity contribution in [3.05, 3.63) is 15.6 Å². The molecule has 1 saturated carbocycles. The van der Waals surface area contributed by atoms with E-state index in [1.165, 1.54) is 28.4 Å². The number of hydrogen-bond acceptors (Lipinski definition) is 4. The second-order valence-electron chi connectivity index (χ2n) is 4.40. The predicted molar refractivity (Wildman–Crippen MR) is 69.0 cm³/mol. The number of hydrogen-bond donors (Lipinski definition) is 1. The van der Waals surface area contributed by atoms with Gasteiger partial charge in [0.25, 0.3) is 0 Å². The van der Waals surface area contributed by atoms with Crippen LogP contribution in [0.5, 0.6) is 0 Å². The van der Waals surface area contributed by atoms with E-state index in [0.29, 0.717) is 0 Å². The molecule has 0 N–H and O–H groups in total. The molecule has 2 nitrogen and oxygen atoms in total. The first-order valence-corrected chi connectivity index (χ1v) is 6.89. The molecule has 15 heavy (non-hydrogen) atoms. The molecule has 0 saturated heterocycles. The van der Waals surface area contributed by atoms with Gasteiger partial charge in [-0.25, -0.2) is 4.98 Å². The first-order valence-electron chi connectivity index (χ1n) is 5.44. The molecule has 1 fully saturated rings. The van der Waals surface area contributed by atoms with Gasteiger partial charge in [0.15, 0.2) is 0 Å². The van der Waals surface area contributed by atoms with Gasteiger partial charge in [0.2, 0.25) is 0 Å². The third-order valence-corrected chi connectivity index (χ3v) is 4.31. The van der Waals surface area contributed by atoms with Gasteiger partial charge < -0.3 is 4.90 Å². The van der Waals surface area contributed by atoms with E-state index in [9.17, 15) is 0 Å². The number of likely N-dealkylation sites (N-methyl/N-ethyl adjacent to an activating group) is 1. The minimum absolute atomic E-state index is 0.761. The van der Waals surface area contributed by atoms with E-state index in [1.54, 1.807) is 0 Å². The average Bonchev–Trinajstić information content (AvgIpc) is 2.96. The maximum Gasteiger partial charge on any atom is 0.0944 e. The Morgan fingerprint density at radius 2 is 2.20 bits per heavy atom. The van der Waals surface area contributed by atoms with E-state index in [-0.39, 0.29) is 0 Å². The fourth-order valence-electron chi connectivity index (χ4n) is 1.63. The highest BCUT2D eigenvalue weighted by atomic mass is 32.1. The smallest absolute Gasteiger partial charge is 0.0944 e. The maximum absolute atomic E-state index is 4.76. The molecule has 1 aliphatic carbocycles. The predicted octanol–water partition coefficient (Wildman–Crippen LogP) is 2.55. The molecular formula is C11H18N2S2.